The Morgan fingerprint density at radius 3 is 2.48 bits per heavy atom. The third-order valence-corrected chi connectivity index (χ3v) is 6.33. The van der Waals surface area contributed by atoms with Gasteiger partial charge in [-0.2, -0.15) is 13.2 Å². The molecular formula is C22H15BrF4N2OS. The Kier molecular flexibility index (Phi) is 5.90. The van der Waals surface area contributed by atoms with E-state index in [0.29, 0.717) is 17.8 Å². The number of carbonyl (C=O) groups is 1. The summed E-state index contributed by atoms with van der Waals surface area (Å²) in [5, 5.41) is 2.70. The van der Waals surface area contributed by atoms with Gasteiger partial charge in [0.2, 0.25) is 0 Å². The largest absolute Gasteiger partial charge is 0.416 e. The summed E-state index contributed by atoms with van der Waals surface area (Å²) in [4.78, 5) is 12.9. The molecule has 0 aliphatic rings. The average molecular weight is 511 g/mol. The summed E-state index contributed by atoms with van der Waals surface area (Å²) in [7, 11) is 0. The summed E-state index contributed by atoms with van der Waals surface area (Å²) in [5.74, 6) is -0.752. The zero-order valence-corrected chi connectivity index (χ0v) is 18.2. The van der Waals surface area contributed by atoms with Gasteiger partial charge in [0.25, 0.3) is 5.91 Å². The second kappa shape index (κ2) is 8.47. The first kappa shape index (κ1) is 21.6. The van der Waals surface area contributed by atoms with Gasteiger partial charge >= 0.3 is 6.18 Å². The van der Waals surface area contributed by atoms with Crippen molar-refractivity contribution in [2.75, 3.05) is 0 Å². The van der Waals surface area contributed by atoms with Crippen LogP contribution in [0.15, 0.2) is 64.5 Å². The van der Waals surface area contributed by atoms with Gasteiger partial charge in [0, 0.05) is 13.1 Å². The van der Waals surface area contributed by atoms with E-state index < -0.39 is 17.6 Å². The normalized spacial score (nSPS) is 11.8. The van der Waals surface area contributed by atoms with Crippen LogP contribution in [0.1, 0.15) is 27.2 Å². The summed E-state index contributed by atoms with van der Waals surface area (Å²) in [5.41, 5.74) is 1.62. The van der Waals surface area contributed by atoms with Crippen molar-refractivity contribution in [3.05, 3.63) is 92.7 Å². The van der Waals surface area contributed by atoms with Crippen molar-refractivity contribution in [3.63, 3.8) is 0 Å². The monoisotopic (exact) mass is 510 g/mol. The lowest BCUT2D eigenvalue weighted by Gasteiger charge is -2.12. The highest BCUT2D eigenvalue weighted by Gasteiger charge is 2.30. The van der Waals surface area contributed by atoms with E-state index in [9.17, 15) is 22.4 Å². The molecule has 0 aliphatic carbocycles. The van der Waals surface area contributed by atoms with Gasteiger partial charge in [-0.15, -0.1) is 11.3 Å². The number of fused-ring (bicyclic) bond motifs is 1. The lowest BCUT2D eigenvalue weighted by atomic mass is 10.1. The Morgan fingerprint density at radius 2 is 1.77 bits per heavy atom. The van der Waals surface area contributed by atoms with E-state index in [1.54, 1.807) is 18.2 Å². The van der Waals surface area contributed by atoms with Gasteiger partial charge < -0.3 is 9.88 Å². The van der Waals surface area contributed by atoms with Crippen LogP contribution in [0.25, 0.3) is 10.2 Å². The fraction of sp³-hybridized carbons (Fsp3) is 0.136. The number of hydrogen-bond donors (Lipinski definition) is 1. The molecule has 0 saturated carbocycles. The molecule has 0 saturated heterocycles. The zero-order chi connectivity index (χ0) is 22.2. The maximum absolute atomic E-state index is 13.2. The molecule has 4 aromatic rings. The number of hydrogen-bond acceptors (Lipinski definition) is 2. The molecule has 0 bridgehead atoms. The lowest BCUT2D eigenvalue weighted by molar-refractivity contribution is -0.137. The zero-order valence-electron chi connectivity index (χ0n) is 15.8. The first-order valence-electron chi connectivity index (χ1n) is 9.18. The predicted octanol–water partition coefficient (Wildman–Crippen LogP) is 6.60. The number of aromatic nitrogens is 1. The molecule has 160 valence electrons. The van der Waals surface area contributed by atoms with Crippen molar-refractivity contribution in [2.24, 2.45) is 0 Å². The SMILES string of the molecule is O=C(NCc1cccc(C(F)(F)F)c1)c1cc2sc(Br)cc2n1Cc1ccc(F)cc1. The topological polar surface area (TPSA) is 34.0 Å². The van der Waals surface area contributed by atoms with Gasteiger partial charge in [-0.05, 0) is 63.5 Å². The average Bonchev–Trinajstić information content (AvgIpc) is 3.24. The summed E-state index contributed by atoms with van der Waals surface area (Å²) in [6.45, 7) is 0.307. The number of thiophene rings is 1. The van der Waals surface area contributed by atoms with E-state index in [0.717, 1.165) is 31.7 Å². The molecular weight excluding hydrogens is 496 g/mol. The Balaban J connectivity index is 1.59. The Morgan fingerprint density at radius 1 is 1.03 bits per heavy atom. The Bertz CT molecular complexity index is 1240. The van der Waals surface area contributed by atoms with Crippen molar-refractivity contribution >= 4 is 43.4 Å². The highest BCUT2D eigenvalue weighted by molar-refractivity contribution is 9.11. The molecule has 4 rings (SSSR count). The number of nitrogens with one attached hydrogen (secondary N) is 1. The Labute approximate surface area is 187 Å². The predicted molar refractivity (Wildman–Crippen MR) is 116 cm³/mol. The van der Waals surface area contributed by atoms with Crippen LogP contribution in [0.2, 0.25) is 0 Å². The van der Waals surface area contributed by atoms with Crippen LogP contribution in [-0.2, 0) is 19.3 Å². The molecule has 31 heavy (non-hydrogen) atoms. The van der Waals surface area contributed by atoms with Gasteiger partial charge in [0.15, 0.2) is 0 Å². The van der Waals surface area contributed by atoms with Crippen LogP contribution in [0, 0.1) is 5.82 Å². The van der Waals surface area contributed by atoms with Crippen LogP contribution >= 0.6 is 27.3 Å². The fourth-order valence-electron chi connectivity index (χ4n) is 3.27. The molecule has 0 radical (unpaired) electrons. The van der Waals surface area contributed by atoms with Gasteiger partial charge in [-0.1, -0.05) is 24.3 Å². The van der Waals surface area contributed by atoms with E-state index in [2.05, 4.69) is 21.2 Å². The summed E-state index contributed by atoms with van der Waals surface area (Å²) in [6, 6.07) is 14.5. The lowest BCUT2D eigenvalue weighted by Crippen LogP contribution is -2.25. The number of amides is 1. The summed E-state index contributed by atoms with van der Waals surface area (Å²) in [6.07, 6.45) is -4.44. The van der Waals surface area contributed by atoms with Gasteiger partial charge in [-0.3, -0.25) is 4.79 Å². The van der Waals surface area contributed by atoms with Crippen LogP contribution in [0.3, 0.4) is 0 Å². The molecule has 1 N–H and O–H groups in total. The van der Waals surface area contributed by atoms with E-state index in [4.69, 9.17) is 0 Å². The standard InChI is InChI=1S/C22H15BrF4N2OS/c23-20-10-17-19(31-20)9-18(29(17)12-13-4-6-16(24)7-5-13)21(30)28-11-14-2-1-3-15(8-14)22(25,26)27/h1-10H,11-12H2,(H,28,30). The molecule has 3 nitrogen and oxygen atoms in total. The second-order valence-corrected chi connectivity index (χ2v) is 9.39. The van der Waals surface area contributed by atoms with Crippen molar-refractivity contribution in [3.8, 4) is 0 Å². The number of nitrogens with zero attached hydrogens (tertiary/aromatic N) is 1. The van der Waals surface area contributed by atoms with Gasteiger partial charge in [0.1, 0.15) is 11.5 Å². The minimum absolute atomic E-state index is 0.0399. The molecule has 2 heterocycles. The van der Waals surface area contributed by atoms with Crippen LogP contribution < -0.4 is 5.32 Å². The van der Waals surface area contributed by atoms with E-state index >= 15 is 0 Å². The van der Waals surface area contributed by atoms with Gasteiger partial charge in [0.05, 0.1) is 19.6 Å². The fourth-order valence-corrected chi connectivity index (χ4v) is 4.84. The number of benzene rings is 2. The maximum Gasteiger partial charge on any atom is 0.416 e. The maximum atomic E-state index is 13.2. The van der Waals surface area contributed by atoms with Crippen molar-refractivity contribution in [2.45, 2.75) is 19.3 Å². The number of alkyl halides is 3. The van der Waals surface area contributed by atoms with E-state index in [-0.39, 0.29) is 12.4 Å². The Hall–Kier alpha value is -2.65. The van der Waals surface area contributed by atoms with E-state index in [1.165, 1.54) is 35.6 Å². The molecule has 2 aromatic carbocycles. The summed E-state index contributed by atoms with van der Waals surface area (Å²) < 4.78 is 55.6. The first-order chi connectivity index (χ1) is 14.7. The van der Waals surface area contributed by atoms with E-state index in [1.807, 2.05) is 10.6 Å². The van der Waals surface area contributed by atoms with Crippen LogP contribution in [0.4, 0.5) is 17.6 Å². The molecule has 0 atom stereocenters. The van der Waals surface area contributed by atoms with Crippen molar-refractivity contribution in [1.82, 2.24) is 9.88 Å². The van der Waals surface area contributed by atoms with Crippen LogP contribution in [-0.4, -0.2) is 10.5 Å². The third-order valence-electron chi connectivity index (χ3n) is 4.75. The van der Waals surface area contributed by atoms with Crippen LogP contribution in [0.5, 0.6) is 0 Å². The summed E-state index contributed by atoms with van der Waals surface area (Å²) >= 11 is 4.91. The molecule has 2 aromatic heterocycles. The smallest absolute Gasteiger partial charge is 0.347 e. The highest BCUT2D eigenvalue weighted by atomic mass is 79.9. The van der Waals surface area contributed by atoms with Crippen molar-refractivity contribution in [1.29, 1.82) is 0 Å². The molecule has 0 unspecified atom stereocenters. The second-order valence-electron chi connectivity index (χ2n) is 6.92. The highest BCUT2D eigenvalue weighted by Crippen LogP contribution is 2.33. The first-order valence-corrected chi connectivity index (χ1v) is 10.8. The number of rotatable bonds is 5. The molecule has 1 amide bonds. The van der Waals surface area contributed by atoms with Crippen molar-refractivity contribution < 1.29 is 22.4 Å². The minimum atomic E-state index is -4.44. The quantitative estimate of drug-likeness (QED) is 0.301. The number of carbonyl (C=O) groups excluding carboxylic acids is 1. The number of halogens is 5. The molecule has 9 heteroatoms. The molecule has 0 spiro atoms. The molecule has 0 fully saturated rings. The third kappa shape index (κ3) is 4.83. The molecule has 0 aliphatic heterocycles. The van der Waals surface area contributed by atoms with Gasteiger partial charge in [-0.25, -0.2) is 4.39 Å². The minimum Gasteiger partial charge on any atom is -0.347 e.